The molecule has 0 radical (unpaired) electrons. The van der Waals surface area contributed by atoms with Crippen LogP contribution in [0.25, 0.3) is 0 Å². The van der Waals surface area contributed by atoms with Gasteiger partial charge >= 0.3 is 5.97 Å². The molecule has 0 saturated carbocycles. The summed E-state index contributed by atoms with van der Waals surface area (Å²) in [5, 5.41) is 0. The van der Waals surface area contributed by atoms with Crippen molar-refractivity contribution in [1.82, 2.24) is 0 Å². The third kappa shape index (κ3) is 3.61. The molecule has 0 saturated heterocycles. The SMILES string of the molecule is CCOC(=O)[C@](C)(N)Cc1cccc(Br)c1. The van der Waals surface area contributed by atoms with Crippen LogP contribution in [0.5, 0.6) is 0 Å². The zero-order valence-electron chi connectivity index (χ0n) is 9.50. The minimum atomic E-state index is -0.975. The maximum atomic E-state index is 11.6. The zero-order chi connectivity index (χ0) is 12.2. The van der Waals surface area contributed by atoms with E-state index in [1.807, 2.05) is 24.3 Å². The quantitative estimate of drug-likeness (QED) is 0.864. The number of carbonyl (C=O) groups is 1. The molecule has 1 rings (SSSR count). The van der Waals surface area contributed by atoms with Crippen LogP contribution < -0.4 is 5.73 Å². The number of hydrogen-bond donors (Lipinski definition) is 1. The molecule has 0 aliphatic carbocycles. The van der Waals surface area contributed by atoms with E-state index in [0.717, 1.165) is 10.0 Å². The smallest absolute Gasteiger partial charge is 0.326 e. The number of halogens is 1. The van der Waals surface area contributed by atoms with Crippen molar-refractivity contribution in [3.63, 3.8) is 0 Å². The molecule has 3 nitrogen and oxygen atoms in total. The van der Waals surface area contributed by atoms with Crippen LogP contribution in [0, 0.1) is 0 Å². The minimum Gasteiger partial charge on any atom is -0.465 e. The Morgan fingerprint density at radius 2 is 2.25 bits per heavy atom. The summed E-state index contributed by atoms with van der Waals surface area (Å²) in [5.74, 6) is -0.366. The van der Waals surface area contributed by atoms with Gasteiger partial charge in [0.05, 0.1) is 6.61 Å². The predicted molar refractivity (Wildman–Crippen MR) is 67.1 cm³/mol. The number of nitrogens with two attached hydrogens (primary N) is 1. The summed E-state index contributed by atoms with van der Waals surface area (Å²) < 4.78 is 5.91. The number of rotatable bonds is 4. The van der Waals surface area contributed by atoms with E-state index in [9.17, 15) is 4.79 Å². The summed E-state index contributed by atoms with van der Waals surface area (Å²) in [6, 6.07) is 7.74. The van der Waals surface area contributed by atoms with Crippen LogP contribution in [-0.4, -0.2) is 18.1 Å². The standard InChI is InChI=1S/C12H16BrNO2/c1-3-16-11(15)12(2,14)8-9-5-4-6-10(13)7-9/h4-7H,3,8,14H2,1-2H3/t12-/m1/s1. The molecular weight excluding hydrogens is 270 g/mol. The molecule has 2 N–H and O–H groups in total. The van der Waals surface area contributed by atoms with Gasteiger partial charge in [0.25, 0.3) is 0 Å². The number of esters is 1. The molecule has 0 heterocycles. The van der Waals surface area contributed by atoms with Crippen molar-refractivity contribution >= 4 is 21.9 Å². The van der Waals surface area contributed by atoms with Gasteiger partial charge in [0.1, 0.15) is 5.54 Å². The lowest BCUT2D eigenvalue weighted by Gasteiger charge is -2.22. The molecular formula is C12H16BrNO2. The Morgan fingerprint density at radius 1 is 1.56 bits per heavy atom. The fraction of sp³-hybridized carbons (Fsp3) is 0.417. The maximum absolute atomic E-state index is 11.6. The average molecular weight is 286 g/mol. The van der Waals surface area contributed by atoms with Gasteiger partial charge in [-0.25, -0.2) is 0 Å². The molecule has 0 aliphatic rings. The maximum Gasteiger partial charge on any atom is 0.326 e. The van der Waals surface area contributed by atoms with Crippen molar-refractivity contribution in [2.75, 3.05) is 6.61 Å². The first-order valence-electron chi connectivity index (χ1n) is 5.16. The second kappa shape index (κ2) is 5.46. The lowest BCUT2D eigenvalue weighted by atomic mass is 9.94. The molecule has 0 bridgehead atoms. The van der Waals surface area contributed by atoms with Crippen LogP contribution in [0.1, 0.15) is 19.4 Å². The Hall–Kier alpha value is -0.870. The first-order chi connectivity index (χ1) is 7.45. The van der Waals surface area contributed by atoms with E-state index in [1.165, 1.54) is 0 Å². The fourth-order valence-electron chi connectivity index (χ4n) is 1.44. The molecule has 1 atom stereocenters. The lowest BCUT2D eigenvalue weighted by molar-refractivity contribution is -0.148. The summed E-state index contributed by atoms with van der Waals surface area (Å²) >= 11 is 3.38. The Morgan fingerprint density at radius 3 is 2.81 bits per heavy atom. The van der Waals surface area contributed by atoms with Crippen LogP contribution in [0.3, 0.4) is 0 Å². The number of ether oxygens (including phenoxy) is 1. The number of carbonyl (C=O) groups excluding carboxylic acids is 1. The molecule has 4 heteroatoms. The molecule has 1 aromatic carbocycles. The highest BCUT2D eigenvalue weighted by Crippen LogP contribution is 2.17. The monoisotopic (exact) mass is 285 g/mol. The van der Waals surface area contributed by atoms with Gasteiger partial charge in [0.15, 0.2) is 0 Å². The third-order valence-electron chi connectivity index (χ3n) is 2.20. The summed E-state index contributed by atoms with van der Waals surface area (Å²) in [4.78, 5) is 11.6. The molecule has 16 heavy (non-hydrogen) atoms. The van der Waals surface area contributed by atoms with Crippen LogP contribution >= 0.6 is 15.9 Å². The summed E-state index contributed by atoms with van der Waals surface area (Å²) in [7, 11) is 0. The van der Waals surface area contributed by atoms with Crippen molar-refractivity contribution < 1.29 is 9.53 Å². The number of hydrogen-bond acceptors (Lipinski definition) is 3. The second-order valence-corrected chi connectivity index (χ2v) is 4.86. The summed E-state index contributed by atoms with van der Waals surface area (Å²) in [6.07, 6.45) is 0.464. The highest BCUT2D eigenvalue weighted by atomic mass is 79.9. The molecule has 0 fully saturated rings. The van der Waals surface area contributed by atoms with Gasteiger partial charge in [-0.15, -0.1) is 0 Å². The largest absolute Gasteiger partial charge is 0.465 e. The summed E-state index contributed by atoms with van der Waals surface area (Å²) in [6.45, 7) is 3.81. The highest BCUT2D eigenvalue weighted by Gasteiger charge is 2.30. The van der Waals surface area contributed by atoms with E-state index in [0.29, 0.717) is 13.0 Å². The first-order valence-corrected chi connectivity index (χ1v) is 5.95. The predicted octanol–water partition coefficient (Wildman–Crippen LogP) is 2.27. The molecule has 88 valence electrons. The van der Waals surface area contributed by atoms with Crippen molar-refractivity contribution in [1.29, 1.82) is 0 Å². The van der Waals surface area contributed by atoms with Gasteiger partial charge in [-0.2, -0.15) is 0 Å². The minimum absolute atomic E-state index is 0.351. The van der Waals surface area contributed by atoms with E-state index in [1.54, 1.807) is 13.8 Å². The second-order valence-electron chi connectivity index (χ2n) is 3.94. The normalized spacial score (nSPS) is 14.2. The van der Waals surface area contributed by atoms with Crippen molar-refractivity contribution in [2.45, 2.75) is 25.8 Å². The summed E-state index contributed by atoms with van der Waals surface area (Å²) in [5.41, 5.74) is 5.97. The molecule has 0 spiro atoms. The Balaban J connectivity index is 2.75. The van der Waals surface area contributed by atoms with E-state index in [2.05, 4.69) is 15.9 Å². The Kier molecular flexibility index (Phi) is 4.50. The van der Waals surface area contributed by atoms with Crippen LogP contribution in [0.15, 0.2) is 28.7 Å². The first kappa shape index (κ1) is 13.2. The van der Waals surface area contributed by atoms with E-state index in [4.69, 9.17) is 10.5 Å². The average Bonchev–Trinajstić information content (AvgIpc) is 2.17. The third-order valence-corrected chi connectivity index (χ3v) is 2.70. The topological polar surface area (TPSA) is 52.3 Å². The molecule has 1 aromatic rings. The lowest BCUT2D eigenvalue weighted by Crippen LogP contribution is -2.48. The Labute approximate surface area is 104 Å². The van der Waals surface area contributed by atoms with Crippen molar-refractivity contribution in [3.05, 3.63) is 34.3 Å². The van der Waals surface area contributed by atoms with E-state index >= 15 is 0 Å². The molecule has 0 aromatic heterocycles. The van der Waals surface area contributed by atoms with Crippen molar-refractivity contribution in [2.24, 2.45) is 5.73 Å². The van der Waals surface area contributed by atoms with Gasteiger partial charge < -0.3 is 10.5 Å². The van der Waals surface area contributed by atoms with Gasteiger partial charge in [-0.05, 0) is 31.5 Å². The molecule has 0 unspecified atom stereocenters. The van der Waals surface area contributed by atoms with E-state index in [-0.39, 0.29) is 5.97 Å². The number of benzene rings is 1. The van der Waals surface area contributed by atoms with Crippen molar-refractivity contribution in [3.8, 4) is 0 Å². The van der Waals surface area contributed by atoms with Gasteiger partial charge in [-0.3, -0.25) is 4.79 Å². The van der Waals surface area contributed by atoms with Crippen LogP contribution in [0.2, 0.25) is 0 Å². The van der Waals surface area contributed by atoms with Gasteiger partial charge in [0.2, 0.25) is 0 Å². The van der Waals surface area contributed by atoms with E-state index < -0.39 is 5.54 Å². The zero-order valence-corrected chi connectivity index (χ0v) is 11.1. The van der Waals surface area contributed by atoms with Crippen LogP contribution in [-0.2, 0) is 16.0 Å². The van der Waals surface area contributed by atoms with Crippen LogP contribution in [0.4, 0.5) is 0 Å². The molecule has 0 amide bonds. The fourth-order valence-corrected chi connectivity index (χ4v) is 1.89. The highest BCUT2D eigenvalue weighted by molar-refractivity contribution is 9.10. The van der Waals surface area contributed by atoms with Gasteiger partial charge in [-0.1, -0.05) is 28.1 Å². The Bertz CT molecular complexity index is 377. The van der Waals surface area contributed by atoms with Gasteiger partial charge in [0, 0.05) is 10.9 Å². The molecule has 0 aliphatic heterocycles.